The fourth-order valence-corrected chi connectivity index (χ4v) is 3.25. The van der Waals surface area contributed by atoms with Crippen molar-refractivity contribution < 1.29 is 0 Å². The molecule has 0 N–H and O–H groups in total. The second-order valence-corrected chi connectivity index (χ2v) is 4.84. The van der Waals surface area contributed by atoms with Gasteiger partial charge in [0.25, 0.3) is 0 Å². The van der Waals surface area contributed by atoms with E-state index in [1.165, 1.54) is 19.2 Å². The Hall–Kier alpha value is -0.600. The summed E-state index contributed by atoms with van der Waals surface area (Å²) in [5.41, 5.74) is 0. The number of aryl methyl sites for hydroxylation is 1. The van der Waals surface area contributed by atoms with Crippen LogP contribution in [0, 0.1) is 6.92 Å². The molecular weight excluding hydrogens is 172 g/mol. The average molecular weight is 180 g/mol. The molecule has 0 unspecified atom stereocenters. The van der Waals surface area contributed by atoms with Gasteiger partial charge in [-0.3, -0.25) is 0 Å². The first-order valence-electron chi connectivity index (χ1n) is 3.42. The Morgan fingerprint density at radius 2 is 2.00 bits per heavy atom. The van der Waals surface area contributed by atoms with Gasteiger partial charge < -0.3 is 0 Å². The molecule has 2 aromatic rings. The molecule has 0 amide bonds. The van der Waals surface area contributed by atoms with Crippen molar-refractivity contribution in [3.63, 3.8) is 0 Å². The molecule has 0 aliphatic rings. The fraction of sp³-hybridized carbons (Fsp3) is 0.111. The van der Waals surface area contributed by atoms with Crippen LogP contribution in [0.4, 0.5) is 0 Å². The summed E-state index contributed by atoms with van der Waals surface area (Å²) in [5, 5.41) is 0. The molecule has 0 nitrogen and oxygen atoms in total. The zero-order valence-electron chi connectivity index (χ0n) is 6.26. The highest BCUT2D eigenvalue weighted by atomic mass is 32.1. The Balaban J connectivity index is 2.72. The monoisotopic (exact) mass is 180 g/mol. The predicted molar refractivity (Wildman–Crippen MR) is 54.5 cm³/mol. The molecule has 0 saturated carbocycles. The third-order valence-electron chi connectivity index (χ3n) is 1.55. The van der Waals surface area contributed by atoms with Gasteiger partial charge in [0, 0.05) is 19.2 Å². The third kappa shape index (κ3) is 1.12. The second-order valence-electron chi connectivity index (χ2n) is 2.44. The van der Waals surface area contributed by atoms with Crippen LogP contribution in [-0.2, 0) is 0 Å². The van der Waals surface area contributed by atoms with Gasteiger partial charge in [0.2, 0.25) is 0 Å². The van der Waals surface area contributed by atoms with Crippen LogP contribution in [0.15, 0.2) is 18.7 Å². The quantitative estimate of drug-likeness (QED) is 0.624. The lowest BCUT2D eigenvalue weighted by Crippen LogP contribution is -1.50. The first-order valence-corrected chi connectivity index (χ1v) is 5.05. The van der Waals surface area contributed by atoms with Gasteiger partial charge in [0.1, 0.15) is 0 Å². The first kappa shape index (κ1) is 7.07. The SMILES string of the molecule is C=Cc1cc2sc(C)cc2s1. The van der Waals surface area contributed by atoms with E-state index in [9.17, 15) is 0 Å². The third-order valence-corrected chi connectivity index (χ3v) is 3.76. The van der Waals surface area contributed by atoms with Crippen molar-refractivity contribution >= 4 is 38.1 Å². The Morgan fingerprint density at radius 1 is 1.27 bits per heavy atom. The molecule has 0 atom stereocenters. The maximum absolute atomic E-state index is 3.74. The molecule has 0 aliphatic heterocycles. The smallest absolute Gasteiger partial charge is 0.0459 e. The number of hydrogen-bond donors (Lipinski definition) is 0. The van der Waals surface area contributed by atoms with E-state index in [1.54, 1.807) is 0 Å². The van der Waals surface area contributed by atoms with Gasteiger partial charge in [-0.2, -0.15) is 0 Å². The normalized spacial score (nSPS) is 10.6. The number of thiophene rings is 2. The molecule has 2 heterocycles. The van der Waals surface area contributed by atoms with E-state index in [2.05, 4.69) is 25.6 Å². The lowest BCUT2D eigenvalue weighted by Gasteiger charge is -1.77. The molecule has 0 fully saturated rings. The van der Waals surface area contributed by atoms with E-state index in [0.29, 0.717) is 0 Å². The van der Waals surface area contributed by atoms with Crippen LogP contribution in [0.3, 0.4) is 0 Å². The first-order chi connectivity index (χ1) is 5.29. The van der Waals surface area contributed by atoms with Gasteiger partial charge in [0.15, 0.2) is 0 Å². The maximum Gasteiger partial charge on any atom is 0.0459 e. The number of hydrogen-bond acceptors (Lipinski definition) is 2. The van der Waals surface area contributed by atoms with Crippen LogP contribution < -0.4 is 0 Å². The summed E-state index contributed by atoms with van der Waals surface area (Å²) in [4.78, 5) is 2.66. The van der Waals surface area contributed by atoms with Gasteiger partial charge in [-0.25, -0.2) is 0 Å². The van der Waals surface area contributed by atoms with Gasteiger partial charge in [0.05, 0.1) is 0 Å². The Bertz CT molecular complexity index is 361. The van der Waals surface area contributed by atoms with E-state index in [1.807, 2.05) is 28.7 Å². The molecule has 2 aromatic heterocycles. The van der Waals surface area contributed by atoms with Crippen molar-refractivity contribution in [2.75, 3.05) is 0 Å². The summed E-state index contributed by atoms with van der Waals surface area (Å²) in [7, 11) is 0. The predicted octanol–water partition coefficient (Wildman–Crippen LogP) is 3.91. The van der Waals surface area contributed by atoms with E-state index >= 15 is 0 Å². The van der Waals surface area contributed by atoms with Gasteiger partial charge in [-0.05, 0) is 19.1 Å². The highest BCUT2D eigenvalue weighted by Gasteiger charge is 2.01. The molecular formula is C9H8S2. The summed E-state index contributed by atoms with van der Waals surface area (Å²) in [6.45, 7) is 5.89. The van der Waals surface area contributed by atoms with E-state index in [4.69, 9.17) is 0 Å². The van der Waals surface area contributed by atoms with Crippen LogP contribution in [0.25, 0.3) is 15.5 Å². The number of rotatable bonds is 1. The lowest BCUT2D eigenvalue weighted by atomic mass is 10.4. The van der Waals surface area contributed by atoms with Gasteiger partial charge in [-0.15, -0.1) is 22.7 Å². The average Bonchev–Trinajstić information content (AvgIpc) is 2.43. The fourth-order valence-electron chi connectivity index (χ4n) is 1.08. The minimum atomic E-state index is 1.27. The van der Waals surface area contributed by atoms with Gasteiger partial charge >= 0.3 is 0 Å². The van der Waals surface area contributed by atoms with E-state index in [-0.39, 0.29) is 0 Å². The lowest BCUT2D eigenvalue weighted by molar-refractivity contribution is 1.66. The Kier molecular flexibility index (Phi) is 1.59. The van der Waals surface area contributed by atoms with Crippen LogP contribution in [0.1, 0.15) is 9.75 Å². The highest BCUT2D eigenvalue weighted by molar-refractivity contribution is 7.28. The minimum absolute atomic E-state index is 1.27. The molecule has 2 rings (SSSR count). The zero-order chi connectivity index (χ0) is 7.84. The summed E-state index contributed by atoms with van der Waals surface area (Å²) in [6, 6.07) is 4.43. The van der Waals surface area contributed by atoms with Crippen molar-refractivity contribution in [2.24, 2.45) is 0 Å². The van der Waals surface area contributed by atoms with Crippen LogP contribution in [-0.4, -0.2) is 0 Å². The summed E-state index contributed by atoms with van der Waals surface area (Å²) in [6.07, 6.45) is 1.91. The minimum Gasteiger partial charge on any atom is -0.140 e. The topological polar surface area (TPSA) is 0 Å². The van der Waals surface area contributed by atoms with Crippen molar-refractivity contribution in [3.05, 3.63) is 28.5 Å². The second kappa shape index (κ2) is 2.47. The molecule has 56 valence electrons. The van der Waals surface area contributed by atoms with Gasteiger partial charge in [-0.1, -0.05) is 12.7 Å². The zero-order valence-corrected chi connectivity index (χ0v) is 7.89. The molecule has 0 saturated heterocycles. The van der Waals surface area contributed by atoms with Crippen molar-refractivity contribution in [1.29, 1.82) is 0 Å². The summed E-state index contributed by atoms with van der Waals surface area (Å²) < 4.78 is 2.78. The van der Waals surface area contributed by atoms with Crippen molar-refractivity contribution in [3.8, 4) is 0 Å². The molecule has 0 aromatic carbocycles. The number of fused-ring (bicyclic) bond motifs is 1. The van der Waals surface area contributed by atoms with E-state index < -0.39 is 0 Å². The maximum atomic E-state index is 3.74. The standard InChI is InChI=1S/C9H8S2/c1-3-7-5-9-8(11-7)4-6(2)10-9/h3-5H,1H2,2H3. The van der Waals surface area contributed by atoms with Crippen LogP contribution in [0.2, 0.25) is 0 Å². The Morgan fingerprint density at radius 3 is 2.64 bits per heavy atom. The molecule has 0 bridgehead atoms. The van der Waals surface area contributed by atoms with Crippen molar-refractivity contribution in [1.82, 2.24) is 0 Å². The Labute approximate surface area is 73.8 Å². The molecule has 0 aliphatic carbocycles. The van der Waals surface area contributed by atoms with Crippen LogP contribution in [0.5, 0.6) is 0 Å². The van der Waals surface area contributed by atoms with E-state index in [0.717, 1.165) is 0 Å². The van der Waals surface area contributed by atoms with Crippen molar-refractivity contribution in [2.45, 2.75) is 6.92 Å². The molecule has 2 heteroatoms. The van der Waals surface area contributed by atoms with Crippen LogP contribution >= 0.6 is 22.7 Å². The summed E-state index contributed by atoms with van der Waals surface area (Å²) >= 11 is 3.66. The molecule has 0 radical (unpaired) electrons. The summed E-state index contributed by atoms with van der Waals surface area (Å²) in [5.74, 6) is 0. The largest absolute Gasteiger partial charge is 0.140 e. The highest BCUT2D eigenvalue weighted by Crippen LogP contribution is 2.32. The molecule has 11 heavy (non-hydrogen) atoms. The molecule has 0 spiro atoms.